The fourth-order valence-corrected chi connectivity index (χ4v) is 12.1. The molecule has 0 saturated carbocycles. The first-order valence-corrected chi connectivity index (χ1v) is 7.33. The van der Waals surface area contributed by atoms with Crippen LogP contribution >= 0.6 is 12.4 Å². The van der Waals surface area contributed by atoms with Gasteiger partial charge in [0.05, 0.1) is 0 Å². The third-order valence-corrected chi connectivity index (χ3v) is 13.7. The van der Waals surface area contributed by atoms with Crippen LogP contribution in [0.4, 0.5) is 0 Å². The van der Waals surface area contributed by atoms with E-state index >= 15 is 0 Å². The monoisotopic (exact) mass is 213 g/mol. The molecule has 3 aliphatic heterocycles. The van der Waals surface area contributed by atoms with Gasteiger partial charge in [-0.05, 0) is 0 Å². The van der Waals surface area contributed by atoms with Gasteiger partial charge in [-0.3, -0.25) is 0 Å². The number of rotatable bonds is 0. The molecule has 3 aliphatic rings. The van der Waals surface area contributed by atoms with Gasteiger partial charge in [-0.1, -0.05) is 0 Å². The maximum absolute atomic E-state index is 1.74. The zero-order valence-electron chi connectivity index (χ0n) is 6.40. The second-order valence-electron chi connectivity index (χ2n) is 3.50. The second-order valence-corrected chi connectivity index (χ2v) is 14.4. The zero-order chi connectivity index (χ0) is 4.65. The maximum atomic E-state index is 1.74. The fraction of sp³-hybridized carbons (Fsp3) is 1.00. The Labute approximate surface area is 67.7 Å². The minimum absolute atomic E-state index is 0. The van der Waals surface area contributed by atoms with Gasteiger partial charge in [0.15, 0.2) is 0 Å². The Bertz CT molecular complexity index is 126. The van der Waals surface area contributed by atoms with Gasteiger partial charge in [-0.25, -0.2) is 0 Å². The van der Waals surface area contributed by atoms with Gasteiger partial charge in [0.2, 0.25) is 0 Å². The van der Waals surface area contributed by atoms with Crippen LogP contribution in [-0.4, -0.2) is 0 Å². The zero-order valence-corrected chi connectivity index (χ0v) is 8.26. The van der Waals surface area contributed by atoms with Gasteiger partial charge in [-0.2, -0.15) is 0 Å². The molecule has 10 heavy (non-hydrogen) atoms. The normalized spacial score (nSPS) is 43.2. The Kier molecular flexibility index (Phi) is 1.68. The van der Waals surface area contributed by atoms with E-state index < -0.39 is 10.5 Å². The molecule has 0 bridgehead atoms. The molecular formula is C6H19ClCoN2. The molecule has 1 spiro atoms. The van der Waals surface area contributed by atoms with Crippen LogP contribution in [0.2, 0.25) is 32.1 Å². The first-order valence-electron chi connectivity index (χ1n) is 2.91. The van der Waals surface area contributed by atoms with Crippen LogP contribution in [0.5, 0.6) is 0 Å². The van der Waals surface area contributed by atoms with E-state index in [4.69, 9.17) is 0 Å². The summed E-state index contributed by atoms with van der Waals surface area (Å²) in [7, 11) is -0.896. The predicted molar refractivity (Wildman–Crippen MR) is 46.1 cm³/mol. The van der Waals surface area contributed by atoms with Crippen molar-refractivity contribution in [3.05, 3.63) is 0 Å². The van der Waals surface area contributed by atoms with Crippen LogP contribution in [0.25, 0.3) is 0 Å². The number of hydrogen-bond acceptors (Lipinski definition) is 2. The van der Waals surface area contributed by atoms with Crippen molar-refractivity contribution in [1.29, 1.82) is 0 Å². The van der Waals surface area contributed by atoms with Crippen LogP contribution in [0.15, 0.2) is 0 Å². The van der Waals surface area contributed by atoms with E-state index in [2.05, 4.69) is 0 Å². The average molecular weight is 214 g/mol. The van der Waals surface area contributed by atoms with Crippen LogP contribution in [0.3, 0.4) is 0 Å². The summed E-state index contributed by atoms with van der Waals surface area (Å²) in [5, 5.41) is 10.4. The SMILES string of the molecule is Cl.N.N.[CH2]1[CH2][Co]123([CH2][CH2]2)[CH2][CH2]3. The molecule has 4 heteroatoms. The molecular weight excluding hydrogens is 194 g/mol. The van der Waals surface area contributed by atoms with Crippen LogP contribution in [0, 0.1) is 0 Å². The summed E-state index contributed by atoms with van der Waals surface area (Å²) in [5.74, 6) is 0. The Morgan fingerprint density at radius 1 is 0.600 bits per heavy atom. The van der Waals surface area contributed by atoms with Crippen LogP contribution < -0.4 is 12.3 Å². The van der Waals surface area contributed by atoms with Gasteiger partial charge in [-0.15, -0.1) is 12.4 Å². The molecule has 3 fully saturated rings. The molecule has 3 rings (SSSR count). The Hall–Kier alpha value is 0.716. The van der Waals surface area contributed by atoms with Gasteiger partial charge < -0.3 is 12.3 Å². The van der Waals surface area contributed by atoms with E-state index in [1.807, 2.05) is 0 Å². The fourth-order valence-electron chi connectivity index (χ4n) is 1.47. The molecule has 0 amide bonds. The number of halogens is 1. The summed E-state index contributed by atoms with van der Waals surface area (Å²) in [5.41, 5.74) is 0. The van der Waals surface area contributed by atoms with E-state index in [0.29, 0.717) is 0 Å². The Balaban J connectivity index is 0.000000270. The van der Waals surface area contributed by atoms with Crippen LogP contribution in [-0.2, 0) is 10.5 Å². The van der Waals surface area contributed by atoms with Gasteiger partial charge >= 0.3 is 42.7 Å². The topological polar surface area (TPSA) is 70.0 Å². The second kappa shape index (κ2) is 1.57. The minimum atomic E-state index is -0.896. The Morgan fingerprint density at radius 2 is 0.800 bits per heavy atom. The summed E-state index contributed by atoms with van der Waals surface area (Å²) < 4.78 is 0. The van der Waals surface area contributed by atoms with Crippen molar-refractivity contribution in [1.82, 2.24) is 12.3 Å². The van der Waals surface area contributed by atoms with Crippen molar-refractivity contribution < 1.29 is 10.5 Å². The van der Waals surface area contributed by atoms with Crippen molar-refractivity contribution in [3.63, 3.8) is 0 Å². The summed E-state index contributed by atoms with van der Waals surface area (Å²) in [6, 6.07) is 0. The van der Waals surface area contributed by atoms with Crippen molar-refractivity contribution >= 4 is 12.4 Å². The first kappa shape index (κ1) is 10.7. The van der Waals surface area contributed by atoms with E-state index in [-0.39, 0.29) is 24.7 Å². The van der Waals surface area contributed by atoms with Gasteiger partial charge in [0.1, 0.15) is 0 Å². The van der Waals surface area contributed by atoms with Crippen molar-refractivity contribution in [2.45, 2.75) is 32.1 Å². The van der Waals surface area contributed by atoms with Gasteiger partial charge in [0, 0.05) is 0 Å². The third kappa shape index (κ3) is 0.676. The van der Waals surface area contributed by atoms with Crippen molar-refractivity contribution in [2.75, 3.05) is 0 Å². The van der Waals surface area contributed by atoms with Crippen LogP contribution in [0.1, 0.15) is 0 Å². The van der Waals surface area contributed by atoms with E-state index in [9.17, 15) is 0 Å². The van der Waals surface area contributed by atoms with E-state index in [1.54, 1.807) is 32.1 Å². The molecule has 0 unspecified atom stereocenters. The summed E-state index contributed by atoms with van der Waals surface area (Å²) >= 11 is 0. The average Bonchev–Trinajstić information content (AvgIpc) is 2.58. The third-order valence-electron chi connectivity index (χ3n) is 3.33. The molecule has 0 atom stereocenters. The van der Waals surface area contributed by atoms with Crippen molar-refractivity contribution in [3.8, 4) is 0 Å². The molecule has 0 aromatic carbocycles. The molecule has 6 N–H and O–H groups in total. The molecule has 3 heterocycles. The number of hydrogen-bond donors (Lipinski definition) is 2. The Morgan fingerprint density at radius 3 is 0.800 bits per heavy atom. The summed E-state index contributed by atoms with van der Waals surface area (Å²) in [4.78, 5) is 0. The first-order chi connectivity index (χ1) is 3.23. The molecule has 69 valence electrons. The molecule has 0 aliphatic carbocycles. The van der Waals surface area contributed by atoms with E-state index in [0.717, 1.165) is 0 Å². The summed E-state index contributed by atoms with van der Waals surface area (Å²) in [6.45, 7) is 0. The quantitative estimate of drug-likeness (QED) is 0.646. The molecule has 0 aromatic rings. The molecule has 0 radical (unpaired) electrons. The standard InChI is InChI=1S/3C2H4.ClH.Co.2H3N/c3*1-2;;;;/h3*1-2H2;1H;;2*1H3. The molecule has 3 saturated heterocycles. The van der Waals surface area contributed by atoms with E-state index in [1.165, 1.54) is 0 Å². The predicted octanol–water partition coefficient (Wildman–Crippen LogP) is 3.51. The van der Waals surface area contributed by atoms with Crippen molar-refractivity contribution in [2.24, 2.45) is 0 Å². The molecule has 0 aromatic heterocycles. The molecule has 2 nitrogen and oxygen atoms in total. The van der Waals surface area contributed by atoms with Gasteiger partial charge in [0.25, 0.3) is 0 Å². The summed E-state index contributed by atoms with van der Waals surface area (Å²) in [6.07, 6.45) is 0.